The monoisotopic (exact) mass is 321 g/mol. The molecule has 3 heteroatoms. The number of hydrogen-bond acceptors (Lipinski definition) is 2. The Bertz CT molecular complexity index is 679. The van der Waals surface area contributed by atoms with Crippen LogP contribution in [0.4, 0.5) is 0 Å². The molecule has 2 aromatic carbocycles. The summed E-state index contributed by atoms with van der Waals surface area (Å²) in [5.41, 5.74) is 3.57. The Morgan fingerprint density at radius 3 is 2.29 bits per heavy atom. The minimum absolute atomic E-state index is 0.194. The van der Waals surface area contributed by atoms with E-state index in [0.717, 1.165) is 25.0 Å². The maximum absolute atomic E-state index is 12.1. The quantitative estimate of drug-likeness (QED) is 0.678. The molecular weight excluding hydrogens is 298 g/mol. The Kier molecular flexibility index (Phi) is 5.80. The van der Waals surface area contributed by atoms with Crippen LogP contribution in [0.2, 0.25) is 0 Å². The average Bonchev–Trinajstić information content (AvgIpc) is 2.96. The molecule has 1 amide bonds. The summed E-state index contributed by atoms with van der Waals surface area (Å²) in [7, 11) is 0. The first-order valence-electron chi connectivity index (χ1n) is 8.46. The fourth-order valence-corrected chi connectivity index (χ4v) is 2.87. The van der Waals surface area contributed by atoms with Crippen LogP contribution in [-0.2, 0) is 22.7 Å². The van der Waals surface area contributed by atoms with Crippen molar-refractivity contribution in [3.8, 4) is 0 Å². The van der Waals surface area contributed by atoms with Crippen molar-refractivity contribution >= 4 is 5.91 Å². The number of amides is 1. The number of nitrogens with zero attached hydrogens (tertiary/aromatic N) is 1. The minimum Gasteiger partial charge on any atom is -0.377 e. The molecule has 1 heterocycles. The molecule has 0 aliphatic carbocycles. The second-order valence-corrected chi connectivity index (χ2v) is 6.11. The Labute approximate surface area is 143 Å². The average molecular weight is 321 g/mol. The van der Waals surface area contributed by atoms with Gasteiger partial charge in [-0.2, -0.15) is 0 Å². The van der Waals surface area contributed by atoms with Gasteiger partial charge in [-0.05, 0) is 29.5 Å². The van der Waals surface area contributed by atoms with E-state index in [4.69, 9.17) is 4.74 Å². The molecule has 3 nitrogen and oxygen atoms in total. The molecule has 0 N–H and O–H groups in total. The van der Waals surface area contributed by atoms with E-state index in [2.05, 4.69) is 24.3 Å². The SMILES string of the molecule is O=C1CC(CCCOCc2ccccc2)=CN1Cc1ccccc1. The highest BCUT2D eigenvalue weighted by Crippen LogP contribution is 2.22. The number of carbonyl (C=O) groups excluding carboxylic acids is 1. The van der Waals surface area contributed by atoms with Gasteiger partial charge in [0.25, 0.3) is 0 Å². The van der Waals surface area contributed by atoms with Gasteiger partial charge in [0.2, 0.25) is 5.91 Å². The molecule has 1 aliphatic rings. The van der Waals surface area contributed by atoms with Crippen molar-refractivity contribution in [1.82, 2.24) is 4.90 Å². The second-order valence-electron chi connectivity index (χ2n) is 6.11. The maximum atomic E-state index is 12.1. The van der Waals surface area contributed by atoms with Gasteiger partial charge in [0, 0.05) is 19.2 Å². The van der Waals surface area contributed by atoms with E-state index in [1.807, 2.05) is 47.5 Å². The zero-order chi connectivity index (χ0) is 16.6. The van der Waals surface area contributed by atoms with Gasteiger partial charge in [-0.25, -0.2) is 0 Å². The lowest BCUT2D eigenvalue weighted by atomic mass is 10.1. The lowest BCUT2D eigenvalue weighted by Gasteiger charge is -2.12. The molecule has 0 radical (unpaired) electrons. The summed E-state index contributed by atoms with van der Waals surface area (Å²) in [6.45, 7) is 2.03. The van der Waals surface area contributed by atoms with Crippen LogP contribution in [0.5, 0.6) is 0 Å². The van der Waals surface area contributed by atoms with Crippen molar-refractivity contribution in [2.45, 2.75) is 32.4 Å². The fourth-order valence-electron chi connectivity index (χ4n) is 2.87. The van der Waals surface area contributed by atoms with Crippen LogP contribution in [0.3, 0.4) is 0 Å². The van der Waals surface area contributed by atoms with Gasteiger partial charge in [-0.15, -0.1) is 0 Å². The Hall–Kier alpha value is -2.39. The lowest BCUT2D eigenvalue weighted by Crippen LogP contribution is -2.20. The van der Waals surface area contributed by atoms with Crippen molar-refractivity contribution in [3.63, 3.8) is 0 Å². The van der Waals surface area contributed by atoms with Gasteiger partial charge in [0.1, 0.15) is 0 Å². The molecule has 0 atom stereocenters. The fraction of sp³-hybridized carbons (Fsp3) is 0.286. The van der Waals surface area contributed by atoms with Crippen molar-refractivity contribution in [1.29, 1.82) is 0 Å². The summed E-state index contributed by atoms with van der Waals surface area (Å²) in [6, 6.07) is 20.3. The Balaban J connectivity index is 1.39. The molecule has 2 aromatic rings. The number of hydrogen-bond donors (Lipinski definition) is 0. The van der Waals surface area contributed by atoms with Crippen LogP contribution >= 0.6 is 0 Å². The summed E-state index contributed by atoms with van der Waals surface area (Å²) in [5, 5.41) is 0. The van der Waals surface area contributed by atoms with Crippen molar-refractivity contribution < 1.29 is 9.53 Å². The standard InChI is InChI=1S/C21H23NO2/c23-21-14-20(16-22(21)15-18-8-3-1-4-9-18)12-7-13-24-17-19-10-5-2-6-11-19/h1-6,8-11,16H,7,12-15,17H2. The van der Waals surface area contributed by atoms with E-state index in [9.17, 15) is 4.79 Å². The van der Waals surface area contributed by atoms with Gasteiger partial charge >= 0.3 is 0 Å². The van der Waals surface area contributed by atoms with Gasteiger partial charge in [-0.3, -0.25) is 4.79 Å². The lowest BCUT2D eigenvalue weighted by molar-refractivity contribution is -0.127. The summed E-state index contributed by atoms with van der Waals surface area (Å²) >= 11 is 0. The van der Waals surface area contributed by atoms with E-state index in [-0.39, 0.29) is 5.91 Å². The Morgan fingerprint density at radius 1 is 0.917 bits per heavy atom. The van der Waals surface area contributed by atoms with Gasteiger partial charge < -0.3 is 9.64 Å². The summed E-state index contributed by atoms with van der Waals surface area (Å²) in [5.74, 6) is 0.194. The number of ether oxygens (including phenoxy) is 1. The van der Waals surface area contributed by atoms with Crippen LogP contribution < -0.4 is 0 Å². The van der Waals surface area contributed by atoms with E-state index in [1.54, 1.807) is 0 Å². The number of rotatable bonds is 8. The third-order valence-electron chi connectivity index (χ3n) is 4.13. The zero-order valence-corrected chi connectivity index (χ0v) is 13.9. The van der Waals surface area contributed by atoms with Crippen molar-refractivity contribution in [3.05, 3.63) is 83.6 Å². The topological polar surface area (TPSA) is 29.5 Å². The van der Waals surface area contributed by atoms with E-state index >= 15 is 0 Å². The molecule has 124 valence electrons. The molecule has 0 fully saturated rings. The summed E-state index contributed by atoms with van der Waals surface area (Å²) in [6.07, 6.45) is 4.44. The van der Waals surface area contributed by atoms with Crippen LogP contribution in [0, 0.1) is 0 Å². The first-order valence-corrected chi connectivity index (χ1v) is 8.46. The normalized spacial score (nSPS) is 14.1. The molecule has 0 saturated carbocycles. The first kappa shape index (κ1) is 16.5. The van der Waals surface area contributed by atoms with Crippen LogP contribution in [0.1, 0.15) is 30.4 Å². The maximum Gasteiger partial charge on any atom is 0.230 e. The molecule has 0 unspecified atom stereocenters. The predicted octanol–water partition coefficient (Wildman–Crippen LogP) is 4.30. The van der Waals surface area contributed by atoms with E-state index < -0.39 is 0 Å². The minimum atomic E-state index is 0.194. The second kappa shape index (κ2) is 8.46. The smallest absolute Gasteiger partial charge is 0.230 e. The molecule has 0 spiro atoms. The molecular formula is C21H23NO2. The van der Waals surface area contributed by atoms with Gasteiger partial charge in [0.05, 0.1) is 13.2 Å². The predicted molar refractivity (Wildman–Crippen MR) is 95.0 cm³/mol. The highest BCUT2D eigenvalue weighted by Gasteiger charge is 2.21. The van der Waals surface area contributed by atoms with Crippen LogP contribution in [-0.4, -0.2) is 17.4 Å². The number of carbonyl (C=O) groups is 1. The molecule has 1 aliphatic heterocycles. The van der Waals surface area contributed by atoms with Crippen molar-refractivity contribution in [2.75, 3.05) is 6.61 Å². The first-order chi connectivity index (χ1) is 11.8. The largest absolute Gasteiger partial charge is 0.377 e. The van der Waals surface area contributed by atoms with E-state index in [0.29, 0.717) is 19.6 Å². The molecule has 24 heavy (non-hydrogen) atoms. The molecule has 0 aromatic heterocycles. The third-order valence-corrected chi connectivity index (χ3v) is 4.13. The van der Waals surface area contributed by atoms with Crippen LogP contribution in [0.15, 0.2) is 72.4 Å². The van der Waals surface area contributed by atoms with E-state index in [1.165, 1.54) is 11.1 Å². The van der Waals surface area contributed by atoms with Crippen LogP contribution in [0.25, 0.3) is 0 Å². The summed E-state index contributed by atoms with van der Waals surface area (Å²) in [4.78, 5) is 13.9. The molecule has 0 bridgehead atoms. The highest BCUT2D eigenvalue weighted by atomic mass is 16.5. The van der Waals surface area contributed by atoms with Gasteiger partial charge in [0.15, 0.2) is 0 Å². The Morgan fingerprint density at radius 2 is 1.58 bits per heavy atom. The third kappa shape index (κ3) is 4.80. The van der Waals surface area contributed by atoms with Gasteiger partial charge in [-0.1, -0.05) is 60.7 Å². The summed E-state index contributed by atoms with van der Waals surface area (Å²) < 4.78 is 5.70. The number of benzene rings is 2. The molecule has 3 rings (SSSR count). The highest BCUT2D eigenvalue weighted by molar-refractivity contribution is 5.82. The molecule has 0 saturated heterocycles. The van der Waals surface area contributed by atoms with Crippen molar-refractivity contribution in [2.24, 2.45) is 0 Å². The zero-order valence-electron chi connectivity index (χ0n) is 13.9.